The summed E-state index contributed by atoms with van der Waals surface area (Å²) in [6, 6.07) is 3.28. The number of nitrogens with one attached hydrogen (secondary N) is 1. The van der Waals surface area contributed by atoms with Crippen LogP contribution in [0.15, 0.2) is 18.2 Å². The van der Waals surface area contributed by atoms with Gasteiger partial charge in [0.15, 0.2) is 0 Å². The van der Waals surface area contributed by atoms with Crippen LogP contribution in [0.1, 0.15) is 24.8 Å². The van der Waals surface area contributed by atoms with Gasteiger partial charge in [0.05, 0.1) is 23.8 Å². The second-order valence-electron chi connectivity index (χ2n) is 4.69. The van der Waals surface area contributed by atoms with Crippen LogP contribution < -0.4 is 11.1 Å². The molecule has 1 atom stereocenters. The van der Waals surface area contributed by atoms with Crippen molar-refractivity contribution in [1.29, 1.82) is 0 Å². The highest BCUT2D eigenvalue weighted by Gasteiger charge is 2.34. The van der Waals surface area contributed by atoms with Gasteiger partial charge in [0.2, 0.25) is 5.91 Å². The SMILES string of the molecule is Nc1ccc(NC(=O)CC2CCCO2)c(C(F)(F)F)c1. The van der Waals surface area contributed by atoms with E-state index >= 15 is 0 Å². The van der Waals surface area contributed by atoms with Crippen molar-refractivity contribution < 1.29 is 22.7 Å². The molecule has 4 nitrogen and oxygen atoms in total. The third-order valence-electron chi connectivity index (χ3n) is 3.06. The Kier molecular flexibility index (Phi) is 4.17. The van der Waals surface area contributed by atoms with Crippen LogP contribution >= 0.6 is 0 Å². The highest BCUT2D eigenvalue weighted by atomic mass is 19.4. The number of nitrogen functional groups attached to an aromatic ring is 1. The highest BCUT2D eigenvalue weighted by molar-refractivity contribution is 5.92. The normalized spacial score (nSPS) is 19.1. The first-order chi connectivity index (χ1) is 9.36. The number of amides is 1. The second kappa shape index (κ2) is 5.70. The van der Waals surface area contributed by atoms with E-state index in [0.717, 1.165) is 25.0 Å². The minimum absolute atomic E-state index is 0.00514. The summed E-state index contributed by atoms with van der Waals surface area (Å²) in [7, 11) is 0. The van der Waals surface area contributed by atoms with E-state index in [0.29, 0.717) is 6.61 Å². The average molecular weight is 288 g/mol. The number of ether oxygens (including phenoxy) is 1. The Bertz CT molecular complexity index is 497. The maximum atomic E-state index is 12.9. The molecular formula is C13H15F3N2O2. The molecule has 0 radical (unpaired) electrons. The molecular weight excluding hydrogens is 273 g/mol. The van der Waals surface area contributed by atoms with Crippen molar-refractivity contribution in [1.82, 2.24) is 0 Å². The van der Waals surface area contributed by atoms with E-state index in [4.69, 9.17) is 10.5 Å². The molecule has 110 valence electrons. The molecule has 1 aromatic carbocycles. The molecule has 1 saturated heterocycles. The van der Waals surface area contributed by atoms with Gasteiger partial charge in [0.1, 0.15) is 0 Å². The minimum Gasteiger partial charge on any atom is -0.399 e. The summed E-state index contributed by atoms with van der Waals surface area (Å²) < 4.78 is 43.8. The van der Waals surface area contributed by atoms with Crippen molar-refractivity contribution in [3.05, 3.63) is 23.8 Å². The molecule has 1 amide bonds. The Labute approximate surface area is 114 Å². The van der Waals surface area contributed by atoms with Gasteiger partial charge in [-0.3, -0.25) is 4.79 Å². The number of rotatable bonds is 3. The van der Waals surface area contributed by atoms with E-state index in [2.05, 4.69) is 5.32 Å². The molecule has 1 aromatic rings. The van der Waals surface area contributed by atoms with Crippen LogP contribution in [0.3, 0.4) is 0 Å². The number of carbonyl (C=O) groups is 1. The molecule has 1 unspecified atom stereocenters. The van der Waals surface area contributed by atoms with Gasteiger partial charge in [0, 0.05) is 12.3 Å². The lowest BCUT2D eigenvalue weighted by Crippen LogP contribution is -2.21. The van der Waals surface area contributed by atoms with Gasteiger partial charge in [-0.2, -0.15) is 13.2 Å². The second-order valence-corrected chi connectivity index (χ2v) is 4.69. The molecule has 3 N–H and O–H groups in total. The molecule has 7 heteroatoms. The molecule has 1 heterocycles. The zero-order valence-corrected chi connectivity index (χ0v) is 10.7. The van der Waals surface area contributed by atoms with E-state index in [1.165, 1.54) is 6.07 Å². The zero-order valence-electron chi connectivity index (χ0n) is 10.7. The monoisotopic (exact) mass is 288 g/mol. The summed E-state index contributed by atoms with van der Waals surface area (Å²) in [5, 5.41) is 2.28. The van der Waals surface area contributed by atoms with E-state index in [9.17, 15) is 18.0 Å². The van der Waals surface area contributed by atoms with Gasteiger partial charge < -0.3 is 15.8 Å². The molecule has 1 aliphatic rings. The van der Waals surface area contributed by atoms with E-state index < -0.39 is 17.6 Å². The van der Waals surface area contributed by atoms with Crippen LogP contribution in [0, 0.1) is 0 Å². The van der Waals surface area contributed by atoms with Crippen LogP contribution in [0.5, 0.6) is 0 Å². The number of carbonyl (C=O) groups excluding carboxylic acids is 1. The molecule has 0 aliphatic carbocycles. The Morgan fingerprint density at radius 2 is 2.20 bits per heavy atom. The highest BCUT2D eigenvalue weighted by Crippen LogP contribution is 2.36. The van der Waals surface area contributed by atoms with Gasteiger partial charge in [-0.25, -0.2) is 0 Å². The number of benzene rings is 1. The van der Waals surface area contributed by atoms with Crippen LogP contribution in [-0.4, -0.2) is 18.6 Å². The lowest BCUT2D eigenvalue weighted by Gasteiger charge is -2.15. The lowest BCUT2D eigenvalue weighted by molar-refractivity contribution is -0.136. The number of anilines is 2. The van der Waals surface area contributed by atoms with Crippen molar-refractivity contribution in [2.24, 2.45) is 0 Å². The van der Waals surface area contributed by atoms with E-state index in [-0.39, 0.29) is 23.9 Å². The Morgan fingerprint density at radius 3 is 2.80 bits per heavy atom. The van der Waals surface area contributed by atoms with E-state index in [1.54, 1.807) is 0 Å². The van der Waals surface area contributed by atoms with Crippen molar-refractivity contribution in [3.8, 4) is 0 Å². The molecule has 1 aliphatic heterocycles. The average Bonchev–Trinajstić information content (AvgIpc) is 2.82. The zero-order chi connectivity index (χ0) is 14.8. The first-order valence-electron chi connectivity index (χ1n) is 6.24. The summed E-state index contributed by atoms with van der Waals surface area (Å²) in [4.78, 5) is 11.7. The molecule has 2 rings (SSSR count). The maximum Gasteiger partial charge on any atom is 0.418 e. The summed E-state index contributed by atoms with van der Waals surface area (Å²) in [6.07, 6.45) is -3.10. The Hall–Kier alpha value is -1.76. The van der Waals surface area contributed by atoms with Gasteiger partial charge in [-0.1, -0.05) is 0 Å². The first-order valence-corrected chi connectivity index (χ1v) is 6.24. The summed E-state index contributed by atoms with van der Waals surface area (Å²) in [5.74, 6) is -0.493. The molecule has 0 saturated carbocycles. The van der Waals surface area contributed by atoms with Gasteiger partial charge in [-0.15, -0.1) is 0 Å². The van der Waals surface area contributed by atoms with Crippen molar-refractivity contribution in [2.75, 3.05) is 17.7 Å². The van der Waals surface area contributed by atoms with Gasteiger partial charge >= 0.3 is 6.18 Å². The summed E-state index contributed by atoms with van der Waals surface area (Å²) in [5.41, 5.74) is 4.12. The Morgan fingerprint density at radius 1 is 1.45 bits per heavy atom. The largest absolute Gasteiger partial charge is 0.418 e. The number of hydrogen-bond acceptors (Lipinski definition) is 3. The predicted octanol–water partition coefficient (Wildman–Crippen LogP) is 2.80. The van der Waals surface area contributed by atoms with Crippen LogP contribution in [0.4, 0.5) is 24.5 Å². The van der Waals surface area contributed by atoms with Crippen molar-refractivity contribution >= 4 is 17.3 Å². The predicted molar refractivity (Wildman–Crippen MR) is 68.1 cm³/mol. The number of nitrogens with two attached hydrogens (primary N) is 1. The van der Waals surface area contributed by atoms with Crippen molar-refractivity contribution in [3.63, 3.8) is 0 Å². The number of hydrogen-bond donors (Lipinski definition) is 2. The number of halogens is 3. The quantitative estimate of drug-likeness (QED) is 0.841. The van der Waals surface area contributed by atoms with Crippen LogP contribution in [0.2, 0.25) is 0 Å². The smallest absolute Gasteiger partial charge is 0.399 e. The van der Waals surface area contributed by atoms with Gasteiger partial charge in [0.25, 0.3) is 0 Å². The third-order valence-corrected chi connectivity index (χ3v) is 3.06. The topological polar surface area (TPSA) is 64.3 Å². The maximum absolute atomic E-state index is 12.9. The fourth-order valence-electron chi connectivity index (χ4n) is 2.12. The molecule has 1 fully saturated rings. The fourth-order valence-corrected chi connectivity index (χ4v) is 2.12. The number of alkyl halides is 3. The molecule has 0 bridgehead atoms. The fraction of sp³-hybridized carbons (Fsp3) is 0.462. The Balaban J connectivity index is 2.10. The molecule has 20 heavy (non-hydrogen) atoms. The standard InChI is InChI=1S/C13H15F3N2O2/c14-13(15,16)10-6-8(17)3-4-11(10)18-12(19)7-9-2-1-5-20-9/h3-4,6,9H,1-2,5,7,17H2,(H,18,19). The molecule has 0 spiro atoms. The van der Waals surface area contributed by atoms with Crippen LogP contribution in [0.25, 0.3) is 0 Å². The van der Waals surface area contributed by atoms with E-state index in [1.807, 2.05) is 0 Å². The lowest BCUT2D eigenvalue weighted by atomic mass is 10.1. The van der Waals surface area contributed by atoms with Crippen molar-refractivity contribution in [2.45, 2.75) is 31.5 Å². The molecule has 0 aromatic heterocycles. The van der Waals surface area contributed by atoms with Gasteiger partial charge in [-0.05, 0) is 31.0 Å². The summed E-state index contributed by atoms with van der Waals surface area (Å²) >= 11 is 0. The third kappa shape index (κ3) is 3.63. The summed E-state index contributed by atoms with van der Waals surface area (Å²) in [6.45, 7) is 0.591. The van der Waals surface area contributed by atoms with Crippen LogP contribution in [-0.2, 0) is 15.7 Å². The first kappa shape index (κ1) is 14.6. The minimum atomic E-state index is -4.57.